The average molecular weight is 400 g/mol. The number of aryl methyl sites for hydroxylation is 1. The van der Waals surface area contributed by atoms with E-state index in [4.69, 9.17) is 9.47 Å². The van der Waals surface area contributed by atoms with Gasteiger partial charge < -0.3 is 14.8 Å². The molecule has 2 aromatic carbocycles. The van der Waals surface area contributed by atoms with Crippen LogP contribution in [0.25, 0.3) is 10.6 Å². The Labute approximate surface area is 167 Å². The van der Waals surface area contributed by atoms with E-state index in [1.54, 1.807) is 24.3 Å². The van der Waals surface area contributed by atoms with Gasteiger partial charge in [0, 0.05) is 23.4 Å². The highest BCUT2D eigenvalue weighted by atomic mass is 32.1. The summed E-state index contributed by atoms with van der Waals surface area (Å²) in [7, 11) is 3.03. The number of aromatic nitrogens is 1. The summed E-state index contributed by atoms with van der Waals surface area (Å²) >= 11 is 1.51. The number of amides is 1. The molecule has 5 nitrogen and oxygen atoms in total. The summed E-state index contributed by atoms with van der Waals surface area (Å²) in [6.07, 6.45) is 0.627. The van der Waals surface area contributed by atoms with Gasteiger partial charge in [0.25, 0.3) is 5.91 Å². The number of carbonyl (C=O) groups is 1. The third kappa shape index (κ3) is 4.31. The van der Waals surface area contributed by atoms with Crippen molar-refractivity contribution < 1.29 is 18.7 Å². The van der Waals surface area contributed by atoms with Gasteiger partial charge in [0.1, 0.15) is 27.9 Å². The Hall–Kier alpha value is -2.93. The fourth-order valence-corrected chi connectivity index (χ4v) is 3.92. The summed E-state index contributed by atoms with van der Waals surface area (Å²) in [5, 5.41) is 3.67. The van der Waals surface area contributed by atoms with Crippen LogP contribution in [0.4, 0.5) is 4.39 Å². The molecule has 1 heterocycles. The number of rotatable bonds is 7. The second kappa shape index (κ2) is 8.84. The SMILES string of the molecule is COc1cccc(OC)c1C(=O)NCCc1sc(-c2cccc(F)c2)nc1C. The third-order valence-corrected chi connectivity index (χ3v) is 5.52. The molecular formula is C21H21FN2O3S. The molecule has 0 saturated heterocycles. The molecule has 0 aliphatic rings. The number of benzene rings is 2. The molecule has 0 atom stereocenters. The molecule has 1 amide bonds. The predicted molar refractivity (Wildman–Crippen MR) is 108 cm³/mol. The molecule has 0 spiro atoms. The van der Waals surface area contributed by atoms with Crippen molar-refractivity contribution in [2.24, 2.45) is 0 Å². The molecule has 0 fully saturated rings. The number of carbonyl (C=O) groups excluding carboxylic acids is 1. The molecule has 0 aliphatic heterocycles. The van der Waals surface area contributed by atoms with Gasteiger partial charge in [0.2, 0.25) is 0 Å². The highest BCUT2D eigenvalue weighted by Gasteiger charge is 2.18. The van der Waals surface area contributed by atoms with Gasteiger partial charge in [-0.05, 0) is 31.2 Å². The average Bonchev–Trinajstić information content (AvgIpc) is 3.07. The van der Waals surface area contributed by atoms with E-state index in [1.165, 1.54) is 37.7 Å². The zero-order chi connectivity index (χ0) is 20.1. The number of halogens is 1. The van der Waals surface area contributed by atoms with Crippen LogP contribution in [-0.4, -0.2) is 31.7 Å². The van der Waals surface area contributed by atoms with Crippen LogP contribution in [0.5, 0.6) is 11.5 Å². The first-order valence-corrected chi connectivity index (χ1v) is 9.56. The molecule has 0 radical (unpaired) electrons. The van der Waals surface area contributed by atoms with Crippen molar-refractivity contribution in [2.45, 2.75) is 13.3 Å². The monoisotopic (exact) mass is 400 g/mol. The van der Waals surface area contributed by atoms with Crippen LogP contribution >= 0.6 is 11.3 Å². The van der Waals surface area contributed by atoms with Crippen LogP contribution in [0.15, 0.2) is 42.5 Å². The summed E-state index contributed by atoms with van der Waals surface area (Å²) < 4.78 is 24.0. The Morgan fingerprint density at radius 1 is 1.14 bits per heavy atom. The van der Waals surface area contributed by atoms with E-state index in [2.05, 4.69) is 10.3 Å². The van der Waals surface area contributed by atoms with Crippen molar-refractivity contribution in [3.63, 3.8) is 0 Å². The first-order chi connectivity index (χ1) is 13.5. The zero-order valence-corrected chi connectivity index (χ0v) is 16.7. The molecule has 0 unspecified atom stereocenters. The van der Waals surface area contributed by atoms with E-state index >= 15 is 0 Å². The number of methoxy groups -OCH3 is 2. The van der Waals surface area contributed by atoms with E-state index in [1.807, 2.05) is 13.0 Å². The van der Waals surface area contributed by atoms with Crippen LogP contribution in [-0.2, 0) is 6.42 Å². The van der Waals surface area contributed by atoms with Crippen LogP contribution in [0.3, 0.4) is 0 Å². The van der Waals surface area contributed by atoms with Gasteiger partial charge in [-0.3, -0.25) is 4.79 Å². The molecule has 0 saturated carbocycles. The van der Waals surface area contributed by atoms with E-state index in [9.17, 15) is 9.18 Å². The summed E-state index contributed by atoms with van der Waals surface area (Å²) in [6.45, 7) is 2.35. The maximum Gasteiger partial charge on any atom is 0.258 e. The molecule has 28 heavy (non-hydrogen) atoms. The van der Waals surface area contributed by atoms with Crippen LogP contribution in [0.2, 0.25) is 0 Å². The van der Waals surface area contributed by atoms with Gasteiger partial charge >= 0.3 is 0 Å². The molecule has 7 heteroatoms. The fourth-order valence-electron chi connectivity index (χ4n) is 2.86. The molecule has 0 bridgehead atoms. The number of nitrogens with one attached hydrogen (secondary N) is 1. The molecule has 3 rings (SSSR count). The van der Waals surface area contributed by atoms with Gasteiger partial charge in [-0.25, -0.2) is 9.37 Å². The number of ether oxygens (including phenoxy) is 2. The van der Waals surface area contributed by atoms with Crippen molar-refractivity contribution in [1.82, 2.24) is 10.3 Å². The van der Waals surface area contributed by atoms with Gasteiger partial charge in [0.05, 0.1) is 19.9 Å². The lowest BCUT2D eigenvalue weighted by molar-refractivity contribution is 0.0948. The zero-order valence-electron chi connectivity index (χ0n) is 15.9. The highest BCUT2D eigenvalue weighted by Crippen LogP contribution is 2.29. The summed E-state index contributed by atoms with van der Waals surface area (Å²) in [4.78, 5) is 18.2. The van der Waals surface area contributed by atoms with E-state index < -0.39 is 0 Å². The molecule has 0 aliphatic carbocycles. The number of thiazole rings is 1. The Bertz CT molecular complexity index is 965. The van der Waals surface area contributed by atoms with E-state index in [-0.39, 0.29) is 11.7 Å². The van der Waals surface area contributed by atoms with Crippen molar-refractivity contribution in [3.8, 4) is 22.1 Å². The number of hydrogen-bond acceptors (Lipinski definition) is 5. The quantitative estimate of drug-likeness (QED) is 0.644. The minimum absolute atomic E-state index is 0.262. The Kier molecular flexibility index (Phi) is 6.26. The predicted octanol–water partition coefficient (Wildman–Crippen LogP) is 4.25. The van der Waals surface area contributed by atoms with Gasteiger partial charge in [0.15, 0.2) is 0 Å². The van der Waals surface area contributed by atoms with Gasteiger partial charge in [-0.1, -0.05) is 18.2 Å². The van der Waals surface area contributed by atoms with Crippen molar-refractivity contribution in [2.75, 3.05) is 20.8 Å². The Morgan fingerprint density at radius 2 is 1.82 bits per heavy atom. The van der Waals surface area contributed by atoms with Crippen LogP contribution < -0.4 is 14.8 Å². The third-order valence-electron chi connectivity index (χ3n) is 4.26. The number of nitrogens with zero attached hydrogens (tertiary/aromatic N) is 1. The van der Waals surface area contributed by atoms with E-state index in [0.717, 1.165) is 21.1 Å². The Balaban J connectivity index is 1.68. The molecule has 3 aromatic rings. The minimum atomic E-state index is -0.287. The maximum absolute atomic E-state index is 13.4. The summed E-state index contributed by atoms with van der Waals surface area (Å²) in [5.74, 6) is 0.366. The first kappa shape index (κ1) is 19.8. The normalized spacial score (nSPS) is 10.6. The van der Waals surface area contributed by atoms with Gasteiger partial charge in [-0.2, -0.15) is 0 Å². The Morgan fingerprint density at radius 3 is 2.46 bits per heavy atom. The second-order valence-electron chi connectivity index (χ2n) is 6.08. The minimum Gasteiger partial charge on any atom is -0.496 e. The first-order valence-electron chi connectivity index (χ1n) is 8.75. The van der Waals surface area contributed by atoms with Crippen molar-refractivity contribution in [3.05, 3.63) is 64.4 Å². The smallest absolute Gasteiger partial charge is 0.258 e. The van der Waals surface area contributed by atoms with Crippen LogP contribution in [0.1, 0.15) is 20.9 Å². The maximum atomic E-state index is 13.4. The molecule has 1 N–H and O–H groups in total. The summed E-state index contributed by atoms with van der Waals surface area (Å²) in [5.41, 5.74) is 2.00. The lowest BCUT2D eigenvalue weighted by Crippen LogP contribution is -2.26. The standard InChI is InChI=1S/C21H21FN2O3S/c1-13-18(28-21(24-13)14-6-4-7-15(22)12-14)10-11-23-20(25)19-16(26-2)8-5-9-17(19)27-3/h4-9,12H,10-11H2,1-3H3,(H,23,25). The fraction of sp³-hybridized carbons (Fsp3) is 0.238. The highest BCUT2D eigenvalue weighted by molar-refractivity contribution is 7.15. The summed E-state index contributed by atoms with van der Waals surface area (Å²) in [6, 6.07) is 11.6. The molecule has 146 valence electrons. The molecular weight excluding hydrogens is 379 g/mol. The van der Waals surface area contributed by atoms with Gasteiger partial charge in [-0.15, -0.1) is 11.3 Å². The number of hydrogen-bond donors (Lipinski definition) is 1. The van der Waals surface area contributed by atoms with Crippen molar-refractivity contribution in [1.29, 1.82) is 0 Å². The second-order valence-corrected chi connectivity index (χ2v) is 7.17. The topological polar surface area (TPSA) is 60.5 Å². The van der Waals surface area contributed by atoms with Crippen LogP contribution in [0, 0.1) is 12.7 Å². The van der Waals surface area contributed by atoms with E-state index in [0.29, 0.717) is 30.0 Å². The lowest BCUT2D eigenvalue weighted by Gasteiger charge is -2.12. The molecule has 1 aromatic heterocycles. The lowest BCUT2D eigenvalue weighted by atomic mass is 10.1. The largest absolute Gasteiger partial charge is 0.496 e. The van der Waals surface area contributed by atoms with Crippen molar-refractivity contribution >= 4 is 17.2 Å².